The topological polar surface area (TPSA) is 192 Å². The molecule has 1 fully saturated rings. The number of nitrogens with two attached hydrogens (primary N) is 1. The third-order valence-electron chi connectivity index (χ3n) is 8.75. The van der Waals surface area contributed by atoms with Crippen LogP contribution in [0.25, 0.3) is 0 Å². The molecule has 0 spiro atoms. The van der Waals surface area contributed by atoms with Crippen LogP contribution in [0.15, 0.2) is 77.4 Å². The van der Waals surface area contributed by atoms with E-state index in [0.717, 1.165) is 5.57 Å². The van der Waals surface area contributed by atoms with Gasteiger partial charge in [-0.15, -0.1) is 0 Å². The number of benzene rings is 1. The van der Waals surface area contributed by atoms with Crippen LogP contribution in [0, 0.1) is 17.8 Å². The monoisotopic (exact) mass is 564 g/mol. The largest absolute Gasteiger partial charge is 0.511 e. The van der Waals surface area contributed by atoms with Gasteiger partial charge in [0.15, 0.2) is 11.6 Å². The standard InChI is InChI=1S/C30H32N2O9/c1-14-9-18-22(19(34)10-14)25(36)23-17(24(18)35)3-2-4-20(23)40-27-26(37)30(39)16(11-15-6-8-32-21(31)12-15)5-7-29(13-33,41-27)28(30)38/h2-7,9-10,12,16,18,22,26-28,32-34,37-39H,8,11,13,31H2,1H3. The molecule has 2 bridgehead atoms. The third-order valence-corrected chi connectivity index (χ3v) is 8.75. The number of hydrogen-bond donors (Lipinski definition) is 7. The first-order chi connectivity index (χ1) is 19.5. The Kier molecular flexibility index (Phi) is 6.47. The maximum absolute atomic E-state index is 13.7. The van der Waals surface area contributed by atoms with Gasteiger partial charge in [-0.1, -0.05) is 42.0 Å². The Morgan fingerprint density at radius 1 is 1.20 bits per heavy atom. The van der Waals surface area contributed by atoms with Gasteiger partial charge < -0.3 is 46.1 Å². The summed E-state index contributed by atoms with van der Waals surface area (Å²) >= 11 is 0. The Hall–Kier alpha value is -3.74. The lowest BCUT2D eigenvalue weighted by atomic mass is 9.64. The highest BCUT2D eigenvalue weighted by Gasteiger charge is 2.66. The summed E-state index contributed by atoms with van der Waals surface area (Å²) in [5.41, 5.74) is 3.26. The Morgan fingerprint density at radius 2 is 1.98 bits per heavy atom. The normalized spacial score (nSPS) is 37.6. The summed E-state index contributed by atoms with van der Waals surface area (Å²) in [5.74, 6) is -3.63. The van der Waals surface area contributed by atoms with Gasteiger partial charge in [0.05, 0.1) is 29.8 Å². The molecule has 11 nitrogen and oxygen atoms in total. The lowest BCUT2D eigenvalue weighted by Gasteiger charge is -2.57. The van der Waals surface area contributed by atoms with Crippen LogP contribution in [0.3, 0.4) is 0 Å². The summed E-state index contributed by atoms with van der Waals surface area (Å²) in [6, 6.07) is 4.42. The van der Waals surface area contributed by atoms with Crippen molar-refractivity contribution in [1.82, 2.24) is 5.32 Å². The lowest BCUT2D eigenvalue weighted by molar-refractivity contribution is -0.349. The summed E-state index contributed by atoms with van der Waals surface area (Å²) in [5, 5.41) is 58.4. The predicted molar refractivity (Wildman–Crippen MR) is 144 cm³/mol. The molecule has 216 valence electrons. The van der Waals surface area contributed by atoms with E-state index in [9.17, 15) is 35.1 Å². The van der Waals surface area contributed by atoms with Gasteiger partial charge in [0.1, 0.15) is 34.9 Å². The highest BCUT2D eigenvalue weighted by Crippen LogP contribution is 2.49. The number of hydrogen-bond acceptors (Lipinski definition) is 11. The number of carbonyl (C=O) groups excluding carboxylic acids is 2. The van der Waals surface area contributed by atoms with Crippen molar-refractivity contribution in [2.75, 3.05) is 13.2 Å². The molecule has 1 saturated heterocycles. The Balaban J connectivity index is 1.36. The number of fused-ring (bicyclic) bond motifs is 4. The summed E-state index contributed by atoms with van der Waals surface area (Å²) in [4.78, 5) is 27.0. The number of Topliss-reactive ketones (excluding diaryl/α,β-unsaturated/α-hetero) is 2. The molecule has 1 aromatic carbocycles. The zero-order valence-corrected chi connectivity index (χ0v) is 22.2. The lowest BCUT2D eigenvalue weighted by Crippen LogP contribution is -2.76. The number of dihydropyridines is 1. The molecule has 6 rings (SSSR count). The van der Waals surface area contributed by atoms with E-state index in [4.69, 9.17) is 15.2 Å². The quantitative estimate of drug-likeness (QED) is 0.247. The molecule has 2 heterocycles. The van der Waals surface area contributed by atoms with Crippen molar-refractivity contribution >= 4 is 11.6 Å². The maximum Gasteiger partial charge on any atom is 0.230 e. The molecule has 5 aliphatic rings. The summed E-state index contributed by atoms with van der Waals surface area (Å²) in [6.07, 6.45) is 4.62. The summed E-state index contributed by atoms with van der Waals surface area (Å²) in [7, 11) is 0. The van der Waals surface area contributed by atoms with Gasteiger partial charge in [-0.2, -0.15) is 0 Å². The summed E-state index contributed by atoms with van der Waals surface area (Å²) in [6.45, 7) is 1.45. The number of carbonyl (C=O) groups is 2. The van der Waals surface area contributed by atoms with Crippen LogP contribution in [0.2, 0.25) is 0 Å². The van der Waals surface area contributed by atoms with Gasteiger partial charge >= 0.3 is 0 Å². The van der Waals surface area contributed by atoms with Crippen molar-refractivity contribution in [3.63, 3.8) is 0 Å². The van der Waals surface area contributed by atoms with Crippen LogP contribution in [-0.4, -0.2) is 80.0 Å². The van der Waals surface area contributed by atoms with E-state index in [1.54, 1.807) is 25.2 Å². The highest BCUT2D eigenvalue weighted by molar-refractivity contribution is 6.19. The van der Waals surface area contributed by atoms with Gasteiger partial charge in [-0.05, 0) is 37.1 Å². The maximum atomic E-state index is 13.7. The van der Waals surface area contributed by atoms with E-state index in [0.29, 0.717) is 17.9 Å². The van der Waals surface area contributed by atoms with E-state index >= 15 is 0 Å². The molecule has 0 saturated carbocycles. The number of aliphatic hydroxyl groups excluding tert-OH is 4. The van der Waals surface area contributed by atoms with Gasteiger partial charge in [-0.25, -0.2) is 0 Å². The molecule has 2 aliphatic heterocycles. The number of allylic oxidation sites excluding steroid dienone is 6. The predicted octanol–water partition coefficient (Wildman–Crippen LogP) is 0.525. The molecule has 1 aromatic rings. The SMILES string of the molecule is CC1=CC2C(=O)c3cccc(OC4OC5(CO)C=CC(CC6=CCNC(N)=C6)C(O)(C4O)C5O)c3C(=O)C2C(O)=C1. The van der Waals surface area contributed by atoms with Crippen molar-refractivity contribution in [2.24, 2.45) is 23.5 Å². The minimum atomic E-state index is -2.23. The van der Waals surface area contributed by atoms with Crippen LogP contribution in [-0.2, 0) is 4.74 Å². The first-order valence-electron chi connectivity index (χ1n) is 13.4. The van der Waals surface area contributed by atoms with E-state index in [1.807, 2.05) is 6.08 Å². The van der Waals surface area contributed by atoms with Crippen molar-refractivity contribution in [1.29, 1.82) is 0 Å². The van der Waals surface area contributed by atoms with Crippen molar-refractivity contribution in [2.45, 2.75) is 43.0 Å². The van der Waals surface area contributed by atoms with Crippen LogP contribution >= 0.6 is 0 Å². The number of ether oxygens (including phenoxy) is 2. The molecule has 8 unspecified atom stereocenters. The van der Waals surface area contributed by atoms with Crippen molar-refractivity contribution < 1.29 is 44.6 Å². The van der Waals surface area contributed by atoms with Crippen LogP contribution in [0.4, 0.5) is 0 Å². The second kappa shape index (κ2) is 9.68. The van der Waals surface area contributed by atoms with Crippen molar-refractivity contribution in [3.8, 4) is 5.75 Å². The zero-order valence-electron chi connectivity index (χ0n) is 22.2. The average molecular weight is 565 g/mol. The van der Waals surface area contributed by atoms with Crippen molar-refractivity contribution in [3.05, 3.63) is 88.5 Å². The summed E-state index contributed by atoms with van der Waals surface area (Å²) < 4.78 is 11.9. The molecule has 41 heavy (non-hydrogen) atoms. The minimum Gasteiger partial charge on any atom is -0.511 e. The van der Waals surface area contributed by atoms with Gasteiger partial charge in [0.25, 0.3) is 0 Å². The molecule has 0 radical (unpaired) electrons. The number of ketones is 2. The molecular weight excluding hydrogens is 532 g/mol. The fourth-order valence-corrected chi connectivity index (χ4v) is 6.61. The van der Waals surface area contributed by atoms with E-state index in [2.05, 4.69) is 5.32 Å². The number of aliphatic hydroxyl groups is 5. The van der Waals surface area contributed by atoms with Crippen LogP contribution in [0.1, 0.15) is 34.1 Å². The van der Waals surface area contributed by atoms with Gasteiger partial charge in [0.2, 0.25) is 6.29 Å². The molecule has 8 atom stereocenters. The second-order valence-corrected chi connectivity index (χ2v) is 11.3. The fraction of sp³-hybridized carbons (Fsp3) is 0.400. The average Bonchev–Trinajstić information content (AvgIpc) is 2.94. The zero-order chi connectivity index (χ0) is 29.3. The Bertz CT molecular complexity index is 1480. The first kappa shape index (κ1) is 27.4. The third kappa shape index (κ3) is 4.07. The van der Waals surface area contributed by atoms with Gasteiger partial charge in [0, 0.05) is 18.0 Å². The van der Waals surface area contributed by atoms with Gasteiger partial charge in [-0.3, -0.25) is 9.59 Å². The Labute approximate surface area is 235 Å². The molecule has 0 amide bonds. The number of nitrogens with one attached hydrogen (secondary N) is 1. The molecule has 11 heteroatoms. The first-order valence-corrected chi connectivity index (χ1v) is 13.4. The Morgan fingerprint density at radius 3 is 2.71 bits per heavy atom. The molecule has 0 aromatic heterocycles. The fourth-order valence-electron chi connectivity index (χ4n) is 6.61. The van der Waals surface area contributed by atoms with E-state index < -0.39 is 59.8 Å². The number of rotatable bonds is 5. The molecule has 3 aliphatic carbocycles. The van der Waals surface area contributed by atoms with Crippen LogP contribution < -0.4 is 15.8 Å². The van der Waals surface area contributed by atoms with E-state index in [-0.39, 0.29) is 34.8 Å². The smallest absolute Gasteiger partial charge is 0.230 e. The second-order valence-electron chi connectivity index (χ2n) is 11.3. The highest BCUT2D eigenvalue weighted by atomic mass is 16.7. The molecular formula is C30H32N2O9. The van der Waals surface area contributed by atoms with E-state index in [1.165, 1.54) is 30.4 Å². The minimum absolute atomic E-state index is 0.0867. The molecule has 8 N–H and O–H groups in total. The van der Waals surface area contributed by atoms with Crippen LogP contribution in [0.5, 0.6) is 5.75 Å².